The maximum Gasteiger partial charge on any atom is 0.296 e. The Morgan fingerprint density at radius 3 is 2.74 bits per heavy atom. The van der Waals surface area contributed by atoms with E-state index in [4.69, 9.17) is 5.73 Å². The number of aryl methyl sites for hydroxylation is 3. The molecule has 1 amide bonds. The molecule has 2 aliphatic heterocycles. The van der Waals surface area contributed by atoms with Gasteiger partial charge in [-0.25, -0.2) is 9.97 Å². The van der Waals surface area contributed by atoms with Crippen molar-refractivity contribution in [3.8, 4) is 0 Å². The third-order valence-corrected chi connectivity index (χ3v) is 5.68. The molecule has 1 aromatic heterocycles. The Bertz CT molecular complexity index is 894. The van der Waals surface area contributed by atoms with Gasteiger partial charge in [-0.15, -0.1) is 0 Å². The second-order valence-electron chi connectivity index (χ2n) is 7.77. The molecular formula is C21H27N5O. The van der Waals surface area contributed by atoms with E-state index < -0.39 is 0 Å². The maximum absolute atomic E-state index is 13.3. The van der Waals surface area contributed by atoms with E-state index in [1.165, 1.54) is 11.1 Å². The summed E-state index contributed by atoms with van der Waals surface area (Å²) in [5.74, 6) is 1.01. The van der Waals surface area contributed by atoms with Gasteiger partial charge in [0, 0.05) is 42.6 Å². The smallest absolute Gasteiger partial charge is 0.296 e. The highest BCUT2D eigenvalue weighted by atomic mass is 16.2. The Hall–Kier alpha value is -2.47. The Kier molecular flexibility index (Phi) is 4.60. The van der Waals surface area contributed by atoms with Crippen molar-refractivity contribution in [1.82, 2.24) is 9.97 Å². The average Bonchev–Trinajstić information content (AvgIpc) is 3.08. The molecule has 142 valence electrons. The number of carbonyl (C=O) groups excluding carboxylic acids is 1. The lowest BCUT2D eigenvalue weighted by atomic mass is 9.99. The zero-order valence-corrected chi connectivity index (χ0v) is 16.3. The minimum absolute atomic E-state index is 0.118. The molecule has 2 N–H and O–H groups in total. The van der Waals surface area contributed by atoms with Crippen LogP contribution in [0.2, 0.25) is 0 Å². The Morgan fingerprint density at radius 1 is 1.19 bits per heavy atom. The van der Waals surface area contributed by atoms with Crippen molar-refractivity contribution >= 4 is 17.4 Å². The van der Waals surface area contributed by atoms with E-state index in [-0.39, 0.29) is 17.8 Å². The number of nitrogens with zero attached hydrogens (tertiary/aromatic N) is 4. The highest BCUT2D eigenvalue weighted by Crippen LogP contribution is 2.30. The predicted octanol–water partition coefficient (Wildman–Crippen LogP) is 2.53. The van der Waals surface area contributed by atoms with E-state index in [0.29, 0.717) is 6.54 Å². The molecule has 1 aromatic carbocycles. The molecule has 3 heterocycles. The van der Waals surface area contributed by atoms with Gasteiger partial charge in [0.05, 0.1) is 0 Å². The van der Waals surface area contributed by atoms with Crippen molar-refractivity contribution in [1.29, 1.82) is 0 Å². The van der Waals surface area contributed by atoms with Crippen LogP contribution in [0.4, 0.5) is 11.5 Å². The SMILES string of the molecule is Cc1ccc2c(c1)CCCN2C(=O)c1nc(C)c(C)c(N2CC[C@@H](N)C2)n1. The van der Waals surface area contributed by atoms with E-state index in [0.717, 1.165) is 55.1 Å². The summed E-state index contributed by atoms with van der Waals surface area (Å²) in [6.45, 7) is 8.40. The summed E-state index contributed by atoms with van der Waals surface area (Å²) in [5.41, 5.74) is 11.4. The first-order valence-electron chi connectivity index (χ1n) is 9.71. The van der Waals surface area contributed by atoms with E-state index in [1.807, 2.05) is 24.8 Å². The van der Waals surface area contributed by atoms with Gasteiger partial charge in [-0.3, -0.25) is 4.79 Å². The molecule has 0 aliphatic carbocycles. The fourth-order valence-corrected chi connectivity index (χ4v) is 4.05. The summed E-state index contributed by atoms with van der Waals surface area (Å²) in [5, 5.41) is 0. The fraction of sp³-hybridized carbons (Fsp3) is 0.476. The summed E-state index contributed by atoms with van der Waals surface area (Å²) in [7, 11) is 0. The standard InChI is InChI=1S/C21H27N5O/c1-13-6-7-18-16(11-13)5-4-9-26(18)21(27)19-23-15(3)14(2)20(24-19)25-10-8-17(22)12-25/h6-7,11,17H,4-5,8-10,12,22H2,1-3H3/t17-/m1/s1. The molecule has 0 spiro atoms. The van der Waals surface area contributed by atoms with Crippen LogP contribution in [0.25, 0.3) is 0 Å². The summed E-state index contributed by atoms with van der Waals surface area (Å²) < 4.78 is 0. The zero-order chi connectivity index (χ0) is 19.1. The van der Waals surface area contributed by atoms with Gasteiger partial charge in [0.2, 0.25) is 5.82 Å². The molecule has 6 heteroatoms. The third-order valence-electron chi connectivity index (χ3n) is 5.68. The van der Waals surface area contributed by atoms with Gasteiger partial charge in [0.15, 0.2) is 0 Å². The van der Waals surface area contributed by atoms with Gasteiger partial charge >= 0.3 is 0 Å². The van der Waals surface area contributed by atoms with E-state index >= 15 is 0 Å². The van der Waals surface area contributed by atoms with Crippen LogP contribution in [0.5, 0.6) is 0 Å². The summed E-state index contributed by atoms with van der Waals surface area (Å²) >= 11 is 0. The molecule has 4 rings (SSSR count). The normalized spacial score (nSPS) is 19.3. The lowest BCUT2D eigenvalue weighted by Crippen LogP contribution is -2.37. The van der Waals surface area contributed by atoms with Crippen LogP contribution in [-0.4, -0.2) is 41.6 Å². The number of fused-ring (bicyclic) bond motifs is 1. The van der Waals surface area contributed by atoms with Crippen molar-refractivity contribution in [2.24, 2.45) is 5.73 Å². The number of rotatable bonds is 2. The highest BCUT2D eigenvalue weighted by molar-refractivity contribution is 6.04. The first-order chi connectivity index (χ1) is 12.9. The summed E-state index contributed by atoms with van der Waals surface area (Å²) in [6, 6.07) is 6.44. The number of carbonyl (C=O) groups is 1. The minimum atomic E-state index is -0.118. The summed E-state index contributed by atoms with van der Waals surface area (Å²) in [6.07, 6.45) is 2.91. The first-order valence-corrected chi connectivity index (χ1v) is 9.71. The number of benzene rings is 1. The molecule has 1 fully saturated rings. The van der Waals surface area contributed by atoms with Crippen LogP contribution in [0.1, 0.15) is 45.8 Å². The molecule has 1 atom stereocenters. The van der Waals surface area contributed by atoms with Crippen molar-refractivity contribution in [3.63, 3.8) is 0 Å². The molecule has 0 saturated carbocycles. The second kappa shape index (κ2) is 6.93. The lowest BCUT2D eigenvalue weighted by molar-refractivity contribution is 0.0975. The lowest BCUT2D eigenvalue weighted by Gasteiger charge is -2.29. The molecule has 0 bridgehead atoms. The Labute approximate surface area is 160 Å². The van der Waals surface area contributed by atoms with Crippen molar-refractivity contribution in [2.75, 3.05) is 29.4 Å². The molecule has 1 saturated heterocycles. The Balaban J connectivity index is 1.70. The van der Waals surface area contributed by atoms with Crippen LogP contribution in [-0.2, 0) is 6.42 Å². The molecule has 2 aromatic rings. The van der Waals surface area contributed by atoms with Crippen LogP contribution >= 0.6 is 0 Å². The zero-order valence-electron chi connectivity index (χ0n) is 16.3. The summed E-state index contributed by atoms with van der Waals surface area (Å²) in [4.78, 5) is 26.5. The van der Waals surface area contributed by atoms with Crippen LogP contribution in [0.3, 0.4) is 0 Å². The Morgan fingerprint density at radius 2 is 2.00 bits per heavy atom. The number of anilines is 2. The molecule has 2 aliphatic rings. The number of nitrogens with two attached hydrogens (primary N) is 1. The molecular weight excluding hydrogens is 338 g/mol. The van der Waals surface area contributed by atoms with E-state index in [9.17, 15) is 4.79 Å². The van der Waals surface area contributed by atoms with Crippen LogP contribution in [0, 0.1) is 20.8 Å². The molecule has 0 unspecified atom stereocenters. The minimum Gasteiger partial charge on any atom is -0.355 e. The number of amides is 1. The first kappa shape index (κ1) is 17.9. The maximum atomic E-state index is 13.3. The predicted molar refractivity (Wildman–Crippen MR) is 107 cm³/mol. The van der Waals surface area contributed by atoms with Gasteiger partial charge in [-0.05, 0) is 51.7 Å². The van der Waals surface area contributed by atoms with Gasteiger partial charge in [0.25, 0.3) is 5.91 Å². The fourth-order valence-electron chi connectivity index (χ4n) is 4.05. The van der Waals surface area contributed by atoms with Gasteiger partial charge in [-0.2, -0.15) is 0 Å². The van der Waals surface area contributed by atoms with Crippen LogP contribution < -0.4 is 15.5 Å². The van der Waals surface area contributed by atoms with E-state index in [1.54, 1.807) is 0 Å². The van der Waals surface area contributed by atoms with Gasteiger partial charge in [-0.1, -0.05) is 17.7 Å². The highest BCUT2D eigenvalue weighted by Gasteiger charge is 2.28. The largest absolute Gasteiger partial charge is 0.355 e. The topological polar surface area (TPSA) is 75.4 Å². The van der Waals surface area contributed by atoms with Crippen molar-refractivity contribution < 1.29 is 4.79 Å². The van der Waals surface area contributed by atoms with E-state index in [2.05, 4.69) is 33.9 Å². The average molecular weight is 365 g/mol. The number of aromatic nitrogens is 2. The number of hydrogen-bond acceptors (Lipinski definition) is 5. The monoisotopic (exact) mass is 365 g/mol. The van der Waals surface area contributed by atoms with Crippen LogP contribution in [0.15, 0.2) is 18.2 Å². The van der Waals surface area contributed by atoms with Crippen molar-refractivity contribution in [2.45, 2.75) is 46.1 Å². The third kappa shape index (κ3) is 3.30. The van der Waals surface area contributed by atoms with Gasteiger partial charge in [0.1, 0.15) is 5.82 Å². The quantitative estimate of drug-likeness (QED) is 0.885. The molecule has 0 radical (unpaired) electrons. The number of hydrogen-bond donors (Lipinski definition) is 1. The van der Waals surface area contributed by atoms with Crippen molar-refractivity contribution in [3.05, 3.63) is 46.4 Å². The second-order valence-corrected chi connectivity index (χ2v) is 7.77. The molecule has 27 heavy (non-hydrogen) atoms. The van der Waals surface area contributed by atoms with Gasteiger partial charge < -0.3 is 15.5 Å². The molecule has 6 nitrogen and oxygen atoms in total.